The molecule has 0 unspecified atom stereocenters. The molecule has 2 heterocycles. The van der Waals surface area contributed by atoms with Crippen molar-refractivity contribution in [2.75, 3.05) is 7.11 Å². The van der Waals surface area contributed by atoms with Crippen LogP contribution >= 0.6 is 11.8 Å². The molecule has 152 valence electrons. The second-order valence-corrected chi connectivity index (χ2v) is 6.74. The standard InChI is InChI=1S/C19H11F3N4O3S/c1-29-12-6-4-11(5-7-12)15-9-14(19(20,21)22)13(10-23)17(25-15)30-18-16(26(27)28)3-2-8-24-18/h2-9H,1H3. The maximum Gasteiger partial charge on any atom is 0.417 e. The zero-order valence-corrected chi connectivity index (χ0v) is 16.0. The van der Waals surface area contributed by atoms with E-state index in [1.54, 1.807) is 12.1 Å². The molecule has 0 radical (unpaired) electrons. The normalized spacial score (nSPS) is 11.0. The summed E-state index contributed by atoms with van der Waals surface area (Å²) in [4.78, 5) is 18.5. The average molecular weight is 432 g/mol. The molecule has 11 heteroatoms. The average Bonchev–Trinajstić information content (AvgIpc) is 2.73. The monoisotopic (exact) mass is 432 g/mol. The third-order valence-corrected chi connectivity index (χ3v) is 4.93. The van der Waals surface area contributed by atoms with Crippen LogP contribution in [0.15, 0.2) is 58.7 Å². The van der Waals surface area contributed by atoms with Crippen LogP contribution in [0, 0.1) is 21.4 Å². The van der Waals surface area contributed by atoms with Crippen molar-refractivity contribution in [1.29, 1.82) is 5.26 Å². The smallest absolute Gasteiger partial charge is 0.417 e. The van der Waals surface area contributed by atoms with E-state index >= 15 is 0 Å². The van der Waals surface area contributed by atoms with Gasteiger partial charge in [-0.05, 0) is 48.2 Å². The predicted molar refractivity (Wildman–Crippen MR) is 101 cm³/mol. The van der Waals surface area contributed by atoms with Crippen LogP contribution < -0.4 is 4.74 Å². The summed E-state index contributed by atoms with van der Waals surface area (Å²) in [6.07, 6.45) is -3.57. The molecular formula is C19H11F3N4O3S. The molecule has 0 atom stereocenters. The minimum absolute atomic E-state index is 0.0509. The highest BCUT2D eigenvalue weighted by atomic mass is 32.2. The lowest BCUT2D eigenvalue weighted by Gasteiger charge is -2.14. The van der Waals surface area contributed by atoms with Gasteiger partial charge in [-0.1, -0.05) is 0 Å². The van der Waals surface area contributed by atoms with Crippen molar-refractivity contribution in [1.82, 2.24) is 9.97 Å². The predicted octanol–water partition coefficient (Wildman–Crippen LogP) is 5.10. The number of hydrogen-bond acceptors (Lipinski definition) is 7. The number of rotatable bonds is 5. The van der Waals surface area contributed by atoms with Gasteiger partial charge in [0.2, 0.25) is 0 Å². The van der Waals surface area contributed by atoms with Gasteiger partial charge in [0.25, 0.3) is 0 Å². The molecule has 0 aliphatic carbocycles. The van der Waals surface area contributed by atoms with Crippen molar-refractivity contribution in [2.24, 2.45) is 0 Å². The van der Waals surface area contributed by atoms with Gasteiger partial charge >= 0.3 is 11.9 Å². The fraction of sp³-hybridized carbons (Fsp3) is 0.105. The molecule has 0 N–H and O–H groups in total. The van der Waals surface area contributed by atoms with E-state index in [1.807, 2.05) is 0 Å². The van der Waals surface area contributed by atoms with Gasteiger partial charge < -0.3 is 4.74 Å². The van der Waals surface area contributed by atoms with Gasteiger partial charge in [-0.15, -0.1) is 0 Å². The Hall–Kier alpha value is -3.65. The molecule has 3 rings (SSSR count). The van der Waals surface area contributed by atoms with E-state index in [9.17, 15) is 28.5 Å². The highest BCUT2D eigenvalue weighted by molar-refractivity contribution is 7.99. The Bertz CT molecular complexity index is 1150. The first-order chi connectivity index (χ1) is 14.2. The Balaban J connectivity index is 2.20. The molecular weight excluding hydrogens is 421 g/mol. The molecule has 3 aromatic rings. The molecule has 0 aliphatic heterocycles. The molecule has 30 heavy (non-hydrogen) atoms. The van der Waals surface area contributed by atoms with Crippen molar-refractivity contribution in [3.8, 4) is 23.1 Å². The quantitative estimate of drug-likeness (QED) is 0.408. The van der Waals surface area contributed by atoms with Gasteiger partial charge in [0, 0.05) is 17.8 Å². The van der Waals surface area contributed by atoms with E-state index in [4.69, 9.17) is 4.74 Å². The number of alkyl halides is 3. The minimum Gasteiger partial charge on any atom is -0.497 e. The summed E-state index contributed by atoms with van der Waals surface area (Å²) in [6, 6.07) is 10.9. The van der Waals surface area contributed by atoms with E-state index in [2.05, 4.69) is 9.97 Å². The number of halogens is 3. The molecule has 0 saturated carbocycles. The summed E-state index contributed by atoms with van der Waals surface area (Å²) >= 11 is 0.529. The maximum atomic E-state index is 13.6. The van der Waals surface area contributed by atoms with E-state index < -0.39 is 27.9 Å². The van der Waals surface area contributed by atoms with E-state index in [1.165, 1.54) is 43.6 Å². The second-order valence-electron chi connectivity index (χ2n) is 5.76. The lowest BCUT2D eigenvalue weighted by atomic mass is 10.1. The summed E-state index contributed by atoms with van der Waals surface area (Å²) in [5.41, 5.74) is -2.03. The number of ether oxygens (including phenoxy) is 1. The third kappa shape index (κ3) is 4.33. The van der Waals surface area contributed by atoms with Gasteiger partial charge in [0.1, 0.15) is 16.8 Å². The van der Waals surface area contributed by atoms with Gasteiger partial charge in [0.05, 0.1) is 28.9 Å². The first-order valence-electron chi connectivity index (χ1n) is 8.18. The van der Waals surface area contributed by atoms with E-state index in [0.717, 1.165) is 6.07 Å². The summed E-state index contributed by atoms with van der Waals surface area (Å²) in [6.45, 7) is 0. The Morgan fingerprint density at radius 2 is 1.90 bits per heavy atom. The van der Waals surface area contributed by atoms with Crippen molar-refractivity contribution < 1.29 is 22.8 Å². The molecule has 7 nitrogen and oxygen atoms in total. The van der Waals surface area contributed by atoms with Crippen molar-refractivity contribution in [3.63, 3.8) is 0 Å². The van der Waals surface area contributed by atoms with E-state index in [-0.39, 0.29) is 15.7 Å². The molecule has 0 aliphatic rings. The zero-order chi connectivity index (χ0) is 21.9. The van der Waals surface area contributed by atoms with Crippen molar-refractivity contribution >= 4 is 17.4 Å². The summed E-state index contributed by atoms with van der Waals surface area (Å²) in [7, 11) is 1.45. The van der Waals surface area contributed by atoms with Gasteiger partial charge in [-0.25, -0.2) is 9.97 Å². The van der Waals surface area contributed by atoms with Gasteiger partial charge in [0.15, 0.2) is 5.03 Å². The van der Waals surface area contributed by atoms with Crippen LogP contribution in [0.4, 0.5) is 18.9 Å². The SMILES string of the molecule is COc1ccc(-c2cc(C(F)(F)F)c(C#N)c(Sc3ncccc3[N+](=O)[O-])n2)cc1. The van der Waals surface area contributed by atoms with Gasteiger partial charge in [-0.3, -0.25) is 10.1 Å². The summed E-state index contributed by atoms with van der Waals surface area (Å²) < 4.78 is 46.0. The zero-order valence-electron chi connectivity index (χ0n) is 15.2. The van der Waals surface area contributed by atoms with Crippen LogP contribution in [0.5, 0.6) is 5.75 Å². The van der Waals surface area contributed by atoms with Crippen LogP contribution in [0.25, 0.3) is 11.3 Å². The van der Waals surface area contributed by atoms with Crippen molar-refractivity contribution in [3.05, 3.63) is 69.9 Å². The Labute approximate surface area is 172 Å². The van der Waals surface area contributed by atoms with Crippen molar-refractivity contribution in [2.45, 2.75) is 16.2 Å². The molecule has 1 aromatic carbocycles. The largest absolute Gasteiger partial charge is 0.497 e. The van der Waals surface area contributed by atoms with Crippen LogP contribution in [0.3, 0.4) is 0 Å². The minimum atomic E-state index is -4.83. The van der Waals surface area contributed by atoms with Crippen LogP contribution in [-0.2, 0) is 6.18 Å². The van der Waals surface area contributed by atoms with Gasteiger partial charge in [-0.2, -0.15) is 18.4 Å². The highest BCUT2D eigenvalue weighted by Crippen LogP contribution is 2.41. The number of nitriles is 1. The number of hydrogen-bond donors (Lipinski definition) is 0. The Kier molecular flexibility index (Phi) is 5.89. The molecule has 2 aromatic heterocycles. The topological polar surface area (TPSA) is 102 Å². The highest BCUT2D eigenvalue weighted by Gasteiger charge is 2.36. The summed E-state index contributed by atoms with van der Waals surface area (Å²) in [5.74, 6) is 0.502. The molecule has 0 fully saturated rings. The van der Waals surface area contributed by atoms with Crippen LogP contribution in [-0.4, -0.2) is 22.0 Å². The lowest BCUT2D eigenvalue weighted by molar-refractivity contribution is -0.388. The third-order valence-electron chi connectivity index (χ3n) is 3.93. The fourth-order valence-electron chi connectivity index (χ4n) is 2.53. The fourth-order valence-corrected chi connectivity index (χ4v) is 3.47. The number of nitrogens with zero attached hydrogens (tertiary/aromatic N) is 4. The summed E-state index contributed by atoms with van der Waals surface area (Å²) in [5, 5.41) is 20.1. The number of methoxy groups -OCH3 is 1. The second kappa shape index (κ2) is 8.38. The molecule has 0 amide bonds. The lowest BCUT2D eigenvalue weighted by Crippen LogP contribution is -2.10. The first-order valence-corrected chi connectivity index (χ1v) is 9.00. The van der Waals surface area contributed by atoms with E-state index in [0.29, 0.717) is 23.1 Å². The molecule has 0 spiro atoms. The number of benzene rings is 1. The molecule has 0 bridgehead atoms. The maximum absolute atomic E-state index is 13.6. The Morgan fingerprint density at radius 3 is 2.47 bits per heavy atom. The number of nitro groups is 1. The Morgan fingerprint density at radius 1 is 1.20 bits per heavy atom. The van der Waals surface area contributed by atoms with Crippen LogP contribution in [0.1, 0.15) is 11.1 Å². The molecule has 0 saturated heterocycles. The number of aromatic nitrogens is 2. The number of pyridine rings is 2. The van der Waals surface area contributed by atoms with Crippen LogP contribution in [0.2, 0.25) is 0 Å². The first kappa shape index (κ1) is 21.1.